The molecular formula is C24H37NO2Sn. The molecule has 1 aromatic rings. The van der Waals surface area contributed by atoms with Crippen LogP contribution < -0.4 is 3.58 Å². The van der Waals surface area contributed by atoms with Crippen LogP contribution in [0.1, 0.15) is 64.9 Å². The van der Waals surface area contributed by atoms with E-state index in [1.807, 2.05) is 0 Å². The third kappa shape index (κ3) is 6.20. The van der Waals surface area contributed by atoms with Crippen LogP contribution in [0.25, 0.3) is 0 Å². The summed E-state index contributed by atoms with van der Waals surface area (Å²) in [6, 6.07) is 9.31. The van der Waals surface area contributed by atoms with Gasteiger partial charge in [-0.1, -0.05) is 0 Å². The van der Waals surface area contributed by atoms with Gasteiger partial charge in [0.1, 0.15) is 0 Å². The Morgan fingerprint density at radius 3 is 1.64 bits per heavy atom. The van der Waals surface area contributed by atoms with Gasteiger partial charge in [0.15, 0.2) is 0 Å². The fourth-order valence-corrected chi connectivity index (χ4v) is 20.2. The molecule has 0 aromatic heterocycles. The molecule has 0 saturated carbocycles. The van der Waals surface area contributed by atoms with Crippen LogP contribution in [0.5, 0.6) is 0 Å². The van der Waals surface area contributed by atoms with Crippen molar-refractivity contribution < 1.29 is 9.59 Å². The molecule has 0 N–H and O–H groups in total. The molecule has 1 heterocycles. The minimum atomic E-state index is -2.35. The van der Waals surface area contributed by atoms with Crippen molar-refractivity contribution in [2.45, 2.75) is 79.0 Å². The molecule has 0 unspecified atom stereocenters. The molecule has 0 spiro atoms. The van der Waals surface area contributed by atoms with Gasteiger partial charge in [-0.05, 0) is 0 Å². The first-order valence-electron chi connectivity index (χ1n) is 11.2. The van der Waals surface area contributed by atoms with Crippen molar-refractivity contribution in [3.05, 3.63) is 42.0 Å². The van der Waals surface area contributed by atoms with Gasteiger partial charge in [0.05, 0.1) is 0 Å². The molecule has 1 aliphatic rings. The average molecular weight is 490 g/mol. The van der Waals surface area contributed by atoms with E-state index in [-0.39, 0.29) is 11.8 Å². The Hall–Kier alpha value is -1.10. The first kappa shape index (κ1) is 23.2. The molecule has 0 fully saturated rings. The van der Waals surface area contributed by atoms with Gasteiger partial charge < -0.3 is 0 Å². The number of nitrogens with zero attached hydrogens (tertiary/aromatic N) is 1. The number of hydrogen-bond acceptors (Lipinski definition) is 2. The monoisotopic (exact) mass is 491 g/mol. The van der Waals surface area contributed by atoms with Crippen LogP contribution in [0.15, 0.2) is 36.4 Å². The number of carbonyl (C=O) groups is 2. The van der Waals surface area contributed by atoms with Gasteiger partial charge in [-0.15, -0.1) is 0 Å². The van der Waals surface area contributed by atoms with Crippen LogP contribution in [0.2, 0.25) is 13.3 Å². The summed E-state index contributed by atoms with van der Waals surface area (Å²) in [6.45, 7) is 7.42. The van der Waals surface area contributed by atoms with Crippen LogP contribution in [-0.2, 0) is 16.0 Å². The molecule has 28 heavy (non-hydrogen) atoms. The standard InChI is InChI=1S/C12H10NO2.3C4H9.Sn/c14-11-6-7-12(15)13(11)9-8-10-4-2-1-3-5-10;3*1-3-4-2;/h2-7H,8-9H2;3*1,3-4H2,2H3;. The molecule has 0 radical (unpaired) electrons. The maximum absolute atomic E-state index is 11.7. The van der Waals surface area contributed by atoms with E-state index in [0.717, 1.165) is 6.42 Å². The van der Waals surface area contributed by atoms with E-state index in [1.165, 1.54) is 74.5 Å². The van der Waals surface area contributed by atoms with E-state index >= 15 is 0 Å². The van der Waals surface area contributed by atoms with Gasteiger partial charge in [0.2, 0.25) is 0 Å². The van der Waals surface area contributed by atoms with Crippen LogP contribution in [0.4, 0.5) is 0 Å². The molecule has 1 aromatic carbocycles. The van der Waals surface area contributed by atoms with E-state index in [4.69, 9.17) is 0 Å². The van der Waals surface area contributed by atoms with Crippen LogP contribution in [0.3, 0.4) is 0 Å². The average Bonchev–Trinajstić information content (AvgIpc) is 3.04. The van der Waals surface area contributed by atoms with Gasteiger partial charge in [0, 0.05) is 0 Å². The fraction of sp³-hybridized carbons (Fsp3) is 0.583. The first-order chi connectivity index (χ1) is 13.6. The molecule has 0 aliphatic carbocycles. The number of amides is 2. The summed E-state index contributed by atoms with van der Waals surface area (Å²) in [4.78, 5) is 24.8. The van der Waals surface area contributed by atoms with E-state index in [2.05, 4.69) is 45.0 Å². The van der Waals surface area contributed by atoms with Gasteiger partial charge >= 0.3 is 176 Å². The summed E-state index contributed by atoms with van der Waals surface area (Å²) in [5.74, 6) is -0.369. The molecule has 1 aliphatic heterocycles. The second-order valence-corrected chi connectivity index (χ2v) is 21.4. The van der Waals surface area contributed by atoms with Crippen molar-refractivity contribution in [1.82, 2.24) is 4.90 Å². The van der Waals surface area contributed by atoms with Crippen LogP contribution in [0, 0.1) is 0 Å². The number of hydrogen-bond donors (Lipinski definition) is 0. The second kappa shape index (κ2) is 11.8. The number of carbonyl (C=O) groups excluding carboxylic acids is 2. The van der Waals surface area contributed by atoms with E-state index < -0.39 is 18.4 Å². The van der Waals surface area contributed by atoms with E-state index in [0.29, 0.717) is 6.54 Å². The Morgan fingerprint density at radius 2 is 1.21 bits per heavy atom. The zero-order valence-corrected chi connectivity index (χ0v) is 20.9. The molecule has 2 amide bonds. The van der Waals surface area contributed by atoms with Gasteiger partial charge in [-0.25, -0.2) is 0 Å². The van der Waals surface area contributed by atoms with E-state index in [1.54, 1.807) is 3.58 Å². The zero-order chi connectivity index (χ0) is 20.4. The maximum atomic E-state index is 11.7. The van der Waals surface area contributed by atoms with Crippen molar-refractivity contribution in [3.63, 3.8) is 0 Å². The molecule has 4 heteroatoms. The predicted molar refractivity (Wildman–Crippen MR) is 121 cm³/mol. The third-order valence-corrected chi connectivity index (χ3v) is 21.8. The van der Waals surface area contributed by atoms with Crippen LogP contribution >= 0.6 is 0 Å². The van der Waals surface area contributed by atoms with Crippen LogP contribution in [-0.4, -0.2) is 41.6 Å². The topological polar surface area (TPSA) is 37.4 Å². The summed E-state index contributed by atoms with van der Waals surface area (Å²) in [6.07, 6.45) is 11.5. The molecule has 0 saturated heterocycles. The molecule has 0 atom stereocenters. The quantitative estimate of drug-likeness (QED) is 0.281. The Balaban J connectivity index is 2.12. The molecule has 3 nitrogen and oxygen atoms in total. The number of benzene rings is 1. The van der Waals surface area contributed by atoms with E-state index in [9.17, 15) is 9.59 Å². The van der Waals surface area contributed by atoms with Crippen molar-refractivity contribution in [3.8, 4) is 0 Å². The fourth-order valence-electron chi connectivity index (χ4n) is 4.27. The molecule has 154 valence electrons. The Morgan fingerprint density at radius 1 is 0.750 bits per heavy atom. The Bertz CT molecular complexity index is 626. The molecular weight excluding hydrogens is 453 g/mol. The van der Waals surface area contributed by atoms with Crippen molar-refractivity contribution in [2.75, 3.05) is 6.54 Å². The Kier molecular flexibility index (Phi) is 9.76. The Labute approximate surface area is 175 Å². The SMILES string of the molecule is CCC[CH2][Sn]([CH2]CCC)([CH2]CCC)[c]1ccc(CCN2C(=O)C=CC2=O)cc1. The number of imide groups is 1. The second-order valence-electron chi connectivity index (χ2n) is 8.20. The van der Waals surface area contributed by atoms with Crippen molar-refractivity contribution >= 4 is 33.8 Å². The minimum absolute atomic E-state index is 0.185. The summed E-state index contributed by atoms with van der Waals surface area (Å²) in [5.41, 5.74) is 1.22. The number of unbranched alkanes of at least 4 members (excludes halogenated alkanes) is 3. The van der Waals surface area contributed by atoms with Crippen molar-refractivity contribution in [1.29, 1.82) is 0 Å². The summed E-state index contributed by atoms with van der Waals surface area (Å²) < 4.78 is 6.12. The molecule has 0 bridgehead atoms. The summed E-state index contributed by atoms with van der Waals surface area (Å²) >= 11 is -2.35. The van der Waals surface area contributed by atoms with Crippen molar-refractivity contribution in [2.24, 2.45) is 0 Å². The first-order valence-corrected chi connectivity index (χ1v) is 18.7. The van der Waals surface area contributed by atoms with Gasteiger partial charge in [0.25, 0.3) is 0 Å². The molecule has 2 rings (SSSR count). The third-order valence-electron chi connectivity index (χ3n) is 6.12. The predicted octanol–water partition coefficient (Wildman–Crippen LogP) is 5.21. The van der Waals surface area contributed by atoms with Gasteiger partial charge in [-0.3, -0.25) is 0 Å². The number of rotatable bonds is 13. The van der Waals surface area contributed by atoms with Gasteiger partial charge in [-0.2, -0.15) is 0 Å². The summed E-state index contributed by atoms with van der Waals surface area (Å²) in [5, 5.41) is 0. The zero-order valence-electron chi connectivity index (χ0n) is 18.0. The summed E-state index contributed by atoms with van der Waals surface area (Å²) in [7, 11) is 0. The normalized spacial score (nSPS) is 14.3.